The van der Waals surface area contributed by atoms with Gasteiger partial charge in [-0.15, -0.1) is 0 Å². The number of pyridine rings is 1. The lowest BCUT2D eigenvalue weighted by Crippen LogP contribution is -2.28. The van der Waals surface area contributed by atoms with Gasteiger partial charge in [-0.05, 0) is 47.9 Å². The van der Waals surface area contributed by atoms with Crippen LogP contribution in [0, 0.1) is 0 Å². The van der Waals surface area contributed by atoms with Gasteiger partial charge in [0, 0.05) is 30.4 Å². The van der Waals surface area contributed by atoms with Crippen molar-refractivity contribution in [3.63, 3.8) is 0 Å². The molecule has 0 saturated heterocycles. The van der Waals surface area contributed by atoms with Crippen LogP contribution in [-0.4, -0.2) is 26.6 Å². The maximum absolute atomic E-state index is 13.2. The Morgan fingerprint density at radius 3 is 2.73 bits per heavy atom. The number of nitrogens with zero attached hydrogens (tertiary/aromatic N) is 3. The fourth-order valence-corrected chi connectivity index (χ4v) is 4.95. The van der Waals surface area contributed by atoms with Gasteiger partial charge in [-0.3, -0.25) is 9.59 Å². The number of alkyl halides is 2. The molecule has 9 heteroatoms. The summed E-state index contributed by atoms with van der Waals surface area (Å²) < 4.78 is 34.6. The Balaban J connectivity index is 1.57. The molecular formula is C24H18F2N4O3. The first-order chi connectivity index (χ1) is 15.9. The predicted molar refractivity (Wildman–Crippen MR) is 116 cm³/mol. The number of nitrogens with one attached hydrogen (secondary N) is 1. The van der Waals surface area contributed by atoms with Gasteiger partial charge in [-0.25, -0.2) is 4.98 Å². The van der Waals surface area contributed by atoms with Gasteiger partial charge in [0.05, 0.1) is 23.1 Å². The lowest BCUT2D eigenvalue weighted by Gasteiger charge is -2.21. The van der Waals surface area contributed by atoms with E-state index >= 15 is 0 Å². The highest BCUT2D eigenvalue weighted by Crippen LogP contribution is 2.47. The van der Waals surface area contributed by atoms with Crippen molar-refractivity contribution in [2.75, 3.05) is 0 Å². The number of hydrogen-bond donors (Lipinski definition) is 1. The monoisotopic (exact) mass is 448 g/mol. The number of carbonyl (C=O) groups excluding carboxylic acids is 1. The zero-order chi connectivity index (χ0) is 22.9. The summed E-state index contributed by atoms with van der Waals surface area (Å²) in [7, 11) is 1.69. The van der Waals surface area contributed by atoms with E-state index < -0.39 is 12.7 Å². The summed E-state index contributed by atoms with van der Waals surface area (Å²) in [4.78, 5) is 29.4. The van der Waals surface area contributed by atoms with Gasteiger partial charge in [-0.2, -0.15) is 8.78 Å². The molecule has 0 fully saturated rings. The molecule has 0 aliphatic carbocycles. The van der Waals surface area contributed by atoms with Crippen LogP contribution >= 0.6 is 0 Å². The summed E-state index contributed by atoms with van der Waals surface area (Å²) in [6, 6.07) is 12.9. The maximum atomic E-state index is 13.2. The second-order valence-corrected chi connectivity index (χ2v) is 8.28. The highest BCUT2D eigenvalue weighted by Gasteiger charge is 2.42. The summed E-state index contributed by atoms with van der Waals surface area (Å²) in [5.74, 6) is 0.340. The van der Waals surface area contributed by atoms with E-state index in [1.54, 1.807) is 31.4 Å². The van der Waals surface area contributed by atoms with E-state index in [4.69, 9.17) is 9.72 Å². The molecule has 33 heavy (non-hydrogen) atoms. The molecule has 0 spiro atoms. The molecule has 7 nitrogen and oxygen atoms in total. The molecule has 2 aromatic heterocycles. The Morgan fingerprint density at radius 1 is 1.12 bits per heavy atom. The number of rotatable bonds is 3. The van der Waals surface area contributed by atoms with Crippen LogP contribution in [0.15, 0.2) is 59.5 Å². The van der Waals surface area contributed by atoms with Crippen molar-refractivity contribution in [2.45, 2.75) is 25.1 Å². The smallest absolute Gasteiger partial charge is 0.387 e. The van der Waals surface area contributed by atoms with E-state index in [1.807, 2.05) is 22.8 Å². The standard InChI is InChI=1S/C24H18F2N4O3/c1-29-11-13(6-8-20(29)31)12-5-7-15-17(9-12)30-18-10-16(22(30)27-15)28-23(32)14-3-2-4-19(21(14)18)33-24(25)26/h2-9,11,16,18,24H,10H2,1H3,(H,28,32)/t16-,18-/m1/s1. The van der Waals surface area contributed by atoms with E-state index in [9.17, 15) is 18.4 Å². The van der Waals surface area contributed by atoms with Gasteiger partial charge < -0.3 is 19.2 Å². The summed E-state index contributed by atoms with van der Waals surface area (Å²) in [5.41, 5.74) is 3.96. The summed E-state index contributed by atoms with van der Waals surface area (Å²) in [6.45, 7) is -3.00. The first kappa shape index (κ1) is 19.7. The number of amides is 1. The molecular weight excluding hydrogens is 430 g/mol. The van der Waals surface area contributed by atoms with Gasteiger partial charge in [0.1, 0.15) is 11.6 Å². The molecule has 0 saturated carbocycles. The largest absolute Gasteiger partial charge is 0.434 e. The number of ether oxygens (including phenoxy) is 1. The molecule has 2 atom stereocenters. The minimum Gasteiger partial charge on any atom is -0.434 e. The number of fused-ring (bicyclic) bond motifs is 9. The van der Waals surface area contributed by atoms with Crippen molar-refractivity contribution in [2.24, 2.45) is 7.05 Å². The molecule has 1 N–H and O–H groups in total. The second kappa shape index (κ2) is 6.99. The normalized spacial score (nSPS) is 18.7. The fraction of sp³-hybridized carbons (Fsp3) is 0.208. The number of halogens is 2. The van der Waals surface area contributed by atoms with Gasteiger partial charge in [0.2, 0.25) is 5.56 Å². The Labute approximate surface area is 186 Å². The third-order valence-electron chi connectivity index (χ3n) is 6.38. The first-order valence-corrected chi connectivity index (χ1v) is 10.5. The number of imidazole rings is 1. The zero-order valence-electron chi connectivity index (χ0n) is 17.5. The average molecular weight is 448 g/mol. The van der Waals surface area contributed by atoms with Gasteiger partial charge >= 0.3 is 6.61 Å². The van der Waals surface area contributed by atoms with Crippen molar-refractivity contribution in [1.82, 2.24) is 19.4 Å². The van der Waals surface area contributed by atoms with Crippen LogP contribution in [0.2, 0.25) is 0 Å². The Bertz CT molecular complexity index is 1510. The van der Waals surface area contributed by atoms with Crippen molar-refractivity contribution in [1.29, 1.82) is 0 Å². The highest BCUT2D eigenvalue weighted by molar-refractivity contribution is 5.98. The molecule has 0 radical (unpaired) electrons. The minimum absolute atomic E-state index is 0.00721. The van der Waals surface area contributed by atoms with Crippen LogP contribution in [-0.2, 0) is 7.05 Å². The Hall–Kier alpha value is -4.01. The van der Waals surface area contributed by atoms with Crippen LogP contribution in [0.5, 0.6) is 5.75 Å². The third-order valence-corrected chi connectivity index (χ3v) is 6.38. The first-order valence-electron chi connectivity index (χ1n) is 10.5. The van der Waals surface area contributed by atoms with Crippen LogP contribution < -0.4 is 15.6 Å². The van der Waals surface area contributed by atoms with Gasteiger partial charge in [-0.1, -0.05) is 12.1 Å². The highest BCUT2D eigenvalue weighted by atomic mass is 19.3. The van der Waals surface area contributed by atoms with E-state index in [0.29, 0.717) is 23.4 Å². The molecule has 2 aromatic carbocycles. The predicted octanol–water partition coefficient (Wildman–Crippen LogP) is 3.78. The summed E-state index contributed by atoms with van der Waals surface area (Å²) >= 11 is 0. The van der Waals surface area contributed by atoms with E-state index in [0.717, 1.165) is 22.2 Å². The van der Waals surface area contributed by atoms with E-state index in [1.165, 1.54) is 16.7 Å². The quantitative estimate of drug-likeness (QED) is 0.518. The molecule has 2 aliphatic heterocycles. The zero-order valence-corrected chi connectivity index (χ0v) is 17.5. The fourth-order valence-electron chi connectivity index (χ4n) is 4.95. The molecule has 166 valence electrons. The molecule has 4 aromatic rings. The Morgan fingerprint density at radius 2 is 1.94 bits per heavy atom. The average Bonchev–Trinajstić information content (AvgIpc) is 3.27. The van der Waals surface area contributed by atoms with E-state index in [-0.39, 0.29) is 23.3 Å². The van der Waals surface area contributed by atoms with Gasteiger partial charge in [0.15, 0.2) is 0 Å². The number of hydrogen-bond acceptors (Lipinski definition) is 4. The Kier molecular flexibility index (Phi) is 4.17. The van der Waals surface area contributed by atoms with Crippen LogP contribution in [0.3, 0.4) is 0 Å². The molecule has 6 rings (SSSR count). The van der Waals surface area contributed by atoms with Crippen molar-refractivity contribution in [3.05, 3.63) is 82.0 Å². The lowest BCUT2D eigenvalue weighted by molar-refractivity contribution is -0.0507. The van der Waals surface area contributed by atoms with Crippen molar-refractivity contribution in [3.8, 4) is 16.9 Å². The van der Waals surface area contributed by atoms with E-state index in [2.05, 4.69) is 5.32 Å². The SMILES string of the molecule is Cn1cc(-c2ccc3nc4n(c3c2)[C@@H]2C[C@H]4NC(=O)c3cccc(OC(F)F)c32)ccc1=O. The maximum Gasteiger partial charge on any atom is 0.387 e. The lowest BCUT2D eigenvalue weighted by atomic mass is 9.97. The summed E-state index contributed by atoms with van der Waals surface area (Å²) in [5, 5.41) is 2.98. The van der Waals surface area contributed by atoms with Gasteiger partial charge in [0.25, 0.3) is 5.91 Å². The van der Waals surface area contributed by atoms with Crippen molar-refractivity contribution < 1.29 is 18.3 Å². The van der Waals surface area contributed by atoms with Crippen LogP contribution in [0.1, 0.15) is 40.3 Å². The number of aromatic nitrogens is 3. The van der Waals surface area contributed by atoms with Crippen molar-refractivity contribution >= 4 is 16.9 Å². The number of aryl methyl sites for hydroxylation is 1. The molecule has 0 unspecified atom stereocenters. The number of benzene rings is 2. The number of carbonyl (C=O) groups is 1. The second-order valence-electron chi connectivity index (χ2n) is 8.28. The topological polar surface area (TPSA) is 78.2 Å². The third kappa shape index (κ3) is 2.95. The van der Waals surface area contributed by atoms with Crippen LogP contribution in [0.25, 0.3) is 22.2 Å². The molecule has 2 bridgehead atoms. The molecule has 1 amide bonds. The minimum atomic E-state index is -3.00. The van der Waals surface area contributed by atoms with Crippen LogP contribution in [0.4, 0.5) is 8.78 Å². The molecule has 2 aliphatic rings. The molecule has 4 heterocycles. The summed E-state index contributed by atoms with van der Waals surface area (Å²) in [6.07, 6.45) is 2.25.